The largest absolute Gasteiger partial charge is 0.494 e. The van der Waals surface area contributed by atoms with E-state index >= 15 is 0 Å². The van der Waals surface area contributed by atoms with E-state index in [1.54, 1.807) is 13.4 Å². The van der Waals surface area contributed by atoms with Gasteiger partial charge in [-0.05, 0) is 43.8 Å². The number of rotatable bonds is 5. The minimum Gasteiger partial charge on any atom is -0.494 e. The molecule has 0 radical (unpaired) electrons. The number of nitrogens with zero attached hydrogens (tertiary/aromatic N) is 4. The molecule has 5 rings (SSSR count). The van der Waals surface area contributed by atoms with Crippen molar-refractivity contribution in [3.8, 4) is 17.3 Å². The van der Waals surface area contributed by atoms with Crippen molar-refractivity contribution in [3.05, 3.63) is 90.0 Å². The summed E-state index contributed by atoms with van der Waals surface area (Å²) in [6.45, 7) is 3.55. The van der Waals surface area contributed by atoms with E-state index in [-0.39, 0.29) is 6.10 Å². The van der Waals surface area contributed by atoms with Crippen molar-refractivity contribution < 1.29 is 9.47 Å². The van der Waals surface area contributed by atoms with Gasteiger partial charge in [-0.2, -0.15) is 4.98 Å². The second kappa shape index (κ2) is 8.96. The van der Waals surface area contributed by atoms with Gasteiger partial charge in [-0.25, -0.2) is 4.98 Å². The number of likely N-dealkylation sites (N-methyl/N-ethyl adjacent to an activating group) is 1. The van der Waals surface area contributed by atoms with E-state index < -0.39 is 0 Å². The standard InChI is InChI=1S/C26H27N5O2/c1-18-14-31(17-27-18)22-11-10-21(13-23(22)32-3)28-25-12-9-20-15-30(2)16-24(33-26(20)29-25)19-7-5-4-6-8-19/h4-14,17,24H,15-16H2,1-3H3,(H,28,29). The lowest BCUT2D eigenvalue weighted by Gasteiger charge is -2.20. The molecule has 1 unspecified atom stereocenters. The van der Waals surface area contributed by atoms with Gasteiger partial charge < -0.3 is 19.4 Å². The molecule has 2 aromatic carbocycles. The Bertz CT molecular complexity index is 1250. The predicted molar refractivity (Wildman–Crippen MR) is 129 cm³/mol. The number of aromatic nitrogens is 3. The number of aryl methyl sites for hydroxylation is 1. The van der Waals surface area contributed by atoms with Gasteiger partial charge in [0.05, 0.1) is 24.8 Å². The molecule has 3 heterocycles. The van der Waals surface area contributed by atoms with E-state index in [4.69, 9.17) is 14.5 Å². The van der Waals surface area contributed by atoms with Crippen molar-refractivity contribution in [2.75, 3.05) is 26.0 Å². The van der Waals surface area contributed by atoms with Gasteiger partial charge in [0.1, 0.15) is 17.7 Å². The summed E-state index contributed by atoms with van der Waals surface area (Å²) in [6.07, 6.45) is 3.68. The second-order valence-electron chi connectivity index (χ2n) is 8.31. The van der Waals surface area contributed by atoms with Crippen LogP contribution in [0.5, 0.6) is 11.6 Å². The molecule has 7 heteroatoms. The zero-order valence-corrected chi connectivity index (χ0v) is 19.0. The van der Waals surface area contributed by atoms with E-state index in [1.165, 1.54) is 0 Å². The fraction of sp³-hybridized carbons (Fsp3) is 0.231. The molecule has 0 fully saturated rings. The number of methoxy groups -OCH3 is 1. The monoisotopic (exact) mass is 441 g/mol. The lowest BCUT2D eigenvalue weighted by Crippen LogP contribution is -2.24. The molecule has 0 saturated heterocycles. The SMILES string of the molecule is COc1cc(Nc2ccc3c(n2)OC(c2ccccc2)CN(C)C3)ccc1-n1cnc(C)c1. The van der Waals surface area contributed by atoms with E-state index in [9.17, 15) is 0 Å². The fourth-order valence-corrected chi connectivity index (χ4v) is 4.08. The third kappa shape index (κ3) is 4.54. The summed E-state index contributed by atoms with van der Waals surface area (Å²) in [4.78, 5) is 11.4. The number of hydrogen-bond acceptors (Lipinski definition) is 6. The first-order chi connectivity index (χ1) is 16.1. The van der Waals surface area contributed by atoms with Gasteiger partial charge in [-0.1, -0.05) is 30.3 Å². The minimum atomic E-state index is -0.0711. The number of pyridine rings is 1. The molecule has 33 heavy (non-hydrogen) atoms. The van der Waals surface area contributed by atoms with Crippen molar-refractivity contribution in [1.29, 1.82) is 0 Å². The summed E-state index contributed by atoms with van der Waals surface area (Å²) in [5.41, 5.74) is 4.98. The zero-order chi connectivity index (χ0) is 22.8. The summed E-state index contributed by atoms with van der Waals surface area (Å²) in [5.74, 6) is 2.13. The maximum atomic E-state index is 6.39. The molecule has 1 N–H and O–H groups in total. The van der Waals surface area contributed by atoms with Crippen LogP contribution in [0.3, 0.4) is 0 Å². The Morgan fingerprint density at radius 1 is 1.09 bits per heavy atom. The van der Waals surface area contributed by atoms with Crippen LogP contribution in [0.25, 0.3) is 5.69 Å². The van der Waals surface area contributed by atoms with Gasteiger partial charge in [-0.3, -0.25) is 4.90 Å². The van der Waals surface area contributed by atoms with Crippen LogP contribution in [0.1, 0.15) is 22.9 Å². The van der Waals surface area contributed by atoms with Gasteiger partial charge in [0.15, 0.2) is 0 Å². The molecule has 1 aliphatic rings. The smallest absolute Gasteiger partial charge is 0.220 e. The number of nitrogens with one attached hydrogen (secondary N) is 1. The normalized spacial score (nSPS) is 15.9. The first kappa shape index (κ1) is 21.0. The Labute approximate surface area is 193 Å². The number of benzene rings is 2. The number of fused-ring (bicyclic) bond motifs is 1. The van der Waals surface area contributed by atoms with Crippen LogP contribution in [0.2, 0.25) is 0 Å². The van der Waals surface area contributed by atoms with Crippen LogP contribution in [-0.4, -0.2) is 40.1 Å². The zero-order valence-electron chi connectivity index (χ0n) is 19.0. The van der Waals surface area contributed by atoms with Gasteiger partial charge in [0.2, 0.25) is 5.88 Å². The van der Waals surface area contributed by atoms with E-state index in [0.29, 0.717) is 5.88 Å². The highest BCUT2D eigenvalue weighted by Gasteiger charge is 2.23. The third-order valence-corrected chi connectivity index (χ3v) is 5.72. The quantitative estimate of drug-likeness (QED) is 0.476. The fourth-order valence-electron chi connectivity index (χ4n) is 4.08. The van der Waals surface area contributed by atoms with Crippen LogP contribution >= 0.6 is 0 Å². The van der Waals surface area contributed by atoms with E-state index in [2.05, 4.69) is 40.4 Å². The molecule has 0 amide bonds. The van der Waals surface area contributed by atoms with Gasteiger partial charge >= 0.3 is 0 Å². The first-order valence-electron chi connectivity index (χ1n) is 10.9. The number of ether oxygens (including phenoxy) is 2. The maximum absolute atomic E-state index is 6.39. The predicted octanol–water partition coefficient (Wildman–Crippen LogP) is 4.89. The molecular formula is C26H27N5O2. The molecular weight excluding hydrogens is 414 g/mol. The molecule has 1 atom stereocenters. The van der Waals surface area contributed by atoms with Crippen LogP contribution < -0.4 is 14.8 Å². The lowest BCUT2D eigenvalue weighted by molar-refractivity contribution is 0.160. The van der Waals surface area contributed by atoms with Gasteiger partial charge in [0, 0.05) is 36.6 Å². The summed E-state index contributed by atoms with van der Waals surface area (Å²) in [6, 6.07) is 20.3. The Morgan fingerprint density at radius 2 is 1.94 bits per heavy atom. The average molecular weight is 442 g/mol. The van der Waals surface area contributed by atoms with Gasteiger partial charge in [-0.15, -0.1) is 0 Å². The Morgan fingerprint density at radius 3 is 2.70 bits per heavy atom. The molecule has 0 aliphatic carbocycles. The molecule has 1 aliphatic heterocycles. The summed E-state index contributed by atoms with van der Waals surface area (Å²) in [7, 11) is 3.78. The Kier molecular flexibility index (Phi) is 5.71. The molecule has 0 saturated carbocycles. The van der Waals surface area contributed by atoms with Crippen molar-refractivity contribution in [2.45, 2.75) is 19.6 Å². The molecule has 4 aromatic rings. The van der Waals surface area contributed by atoms with Crippen LogP contribution in [0.4, 0.5) is 11.5 Å². The van der Waals surface area contributed by atoms with Crippen LogP contribution in [0, 0.1) is 6.92 Å². The van der Waals surface area contributed by atoms with Crippen molar-refractivity contribution in [1.82, 2.24) is 19.4 Å². The topological polar surface area (TPSA) is 64.4 Å². The molecule has 7 nitrogen and oxygen atoms in total. The van der Waals surface area contributed by atoms with Crippen molar-refractivity contribution in [2.24, 2.45) is 0 Å². The maximum Gasteiger partial charge on any atom is 0.220 e. The average Bonchev–Trinajstić information content (AvgIpc) is 3.18. The van der Waals surface area contributed by atoms with Crippen LogP contribution in [0.15, 0.2) is 73.2 Å². The highest BCUT2D eigenvalue weighted by Crippen LogP contribution is 2.32. The minimum absolute atomic E-state index is 0.0711. The summed E-state index contributed by atoms with van der Waals surface area (Å²) >= 11 is 0. The number of imidazole rings is 1. The number of hydrogen-bond donors (Lipinski definition) is 1. The molecule has 0 bridgehead atoms. The first-order valence-corrected chi connectivity index (χ1v) is 10.9. The highest BCUT2D eigenvalue weighted by molar-refractivity contribution is 5.63. The molecule has 2 aromatic heterocycles. The van der Waals surface area contributed by atoms with E-state index in [1.807, 2.05) is 60.2 Å². The third-order valence-electron chi connectivity index (χ3n) is 5.72. The lowest BCUT2D eigenvalue weighted by atomic mass is 10.1. The van der Waals surface area contributed by atoms with E-state index in [0.717, 1.165) is 52.9 Å². The Hall–Kier alpha value is -3.84. The van der Waals surface area contributed by atoms with Crippen molar-refractivity contribution >= 4 is 11.5 Å². The van der Waals surface area contributed by atoms with Gasteiger partial charge in [0.25, 0.3) is 0 Å². The summed E-state index contributed by atoms with van der Waals surface area (Å²) < 4.78 is 14.0. The molecule has 0 spiro atoms. The number of anilines is 2. The Balaban J connectivity index is 1.41. The second-order valence-corrected chi connectivity index (χ2v) is 8.31. The summed E-state index contributed by atoms with van der Waals surface area (Å²) in [5, 5.41) is 3.39. The van der Waals surface area contributed by atoms with Crippen LogP contribution in [-0.2, 0) is 6.54 Å². The highest BCUT2D eigenvalue weighted by atomic mass is 16.5. The van der Waals surface area contributed by atoms with Crippen molar-refractivity contribution in [3.63, 3.8) is 0 Å². The molecule has 168 valence electrons.